The number of nitrogens with zero attached hydrogens (tertiary/aromatic N) is 3. The van der Waals surface area contributed by atoms with E-state index in [4.69, 9.17) is 14.8 Å². The predicted molar refractivity (Wildman–Crippen MR) is 137 cm³/mol. The number of hydrogen-bond donors (Lipinski definition) is 2. The summed E-state index contributed by atoms with van der Waals surface area (Å²) < 4.78 is 7.22. The van der Waals surface area contributed by atoms with Gasteiger partial charge in [-0.25, -0.2) is 4.68 Å². The minimum Gasteiger partial charge on any atom is -0.495 e. The van der Waals surface area contributed by atoms with Gasteiger partial charge in [-0.15, -0.1) is 5.10 Å². The Labute approximate surface area is 204 Å². The first-order valence-electron chi connectivity index (χ1n) is 11.5. The molecule has 2 N–H and O–H groups in total. The van der Waals surface area contributed by atoms with E-state index >= 15 is 0 Å². The molecule has 5 rings (SSSR count). The minimum absolute atomic E-state index is 0.234. The zero-order chi connectivity index (χ0) is 24.5. The van der Waals surface area contributed by atoms with Gasteiger partial charge in [-0.1, -0.05) is 54.6 Å². The smallest absolute Gasteiger partial charge is 0.255 e. The molecule has 176 valence electrons. The van der Waals surface area contributed by atoms with E-state index in [9.17, 15) is 4.79 Å². The number of para-hydroxylation sites is 2. The lowest BCUT2D eigenvalue weighted by molar-refractivity contribution is -0.113. The number of carbonyl (C=O) groups is 1. The Morgan fingerprint density at radius 3 is 2.46 bits per heavy atom. The van der Waals surface area contributed by atoms with Gasteiger partial charge in [0, 0.05) is 11.3 Å². The van der Waals surface area contributed by atoms with E-state index < -0.39 is 6.04 Å². The van der Waals surface area contributed by atoms with Crippen molar-refractivity contribution in [3.8, 4) is 17.1 Å². The van der Waals surface area contributed by atoms with Gasteiger partial charge >= 0.3 is 0 Å². The fourth-order valence-corrected chi connectivity index (χ4v) is 4.33. The van der Waals surface area contributed by atoms with E-state index in [1.54, 1.807) is 11.8 Å². The van der Waals surface area contributed by atoms with E-state index in [-0.39, 0.29) is 5.91 Å². The maximum atomic E-state index is 13.7. The van der Waals surface area contributed by atoms with Crippen LogP contribution in [0.1, 0.15) is 29.7 Å². The van der Waals surface area contributed by atoms with Gasteiger partial charge in [0.15, 0.2) is 5.82 Å². The topological polar surface area (TPSA) is 81.1 Å². The molecule has 1 atom stereocenters. The SMILES string of the molecule is COc1ccccc1NC(=O)C1=C(C)Nc2nc(-c3ccc(C)c(C)c3)nn2C1c1ccccc1. The second-order valence-electron chi connectivity index (χ2n) is 8.63. The molecule has 3 aromatic carbocycles. The van der Waals surface area contributed by atoms with Gasteiger partial charge in [0.05, 0.1) is 18.4 Å². The van der Waals surface area contributed by atoms with Gasteiger partial charge in [0.2, 0.25) is 5.95 Å². The zero-order valence-corrected chi connectivity index (χ0v) is 20.2. The van der Waals surface area contributed by atoms with Crippen LogP contribution in [0.4, 0.5) is 11.6 Å². The number of amides is 1. The number of methoxy groups -OCH3 is 1. The van der Waals surface area contributed by atoms with Crippen molar-refractivity contribution in [2.75, 3.05) is 17.7 Å². The molecule has 0 saturated heterocycles. The van der Waals surface area contributed by atoms with Gasteiger partial charge < -0.3 is 15.4 Å². The van der Waals surface area contributed by atoms with Crippen molar-refractivity contribution in [3.05, 3.63) is 101 Å². The zero-order valence-electron chi connectivity index (χ0n) is 20.2. The summed E-state index contributed by atoms with van der Waals surface area (Å²) in [5.74, 6) is 1.56. The summed E-state index contributed by atoms with van der Waals surface area (Å²) in [6, 6.07) is 23.0. The Hall–Kier alpha value is -4.39. The van der Waals surface area contributed by atoms with E-state index in [0.717, 1.165) is 16.8 Å². The third-order valence-corrected chi connectivity index (χ3v) is 6.33. The Kier molecular flexibility index (Phi) is 5.82. The number of hydrogen-bond acceptors (Lipinski definition) is 5. The monoisotopic (exact) mass is 465 g/mol. The van der Waals surface area contributed by atoms with Gasteiger partial charge in [0.1, 0.15) is 11.8 Å². The molecule has 7 nitrogen and oxygen atoms in total. The maximum Gasteiger partial charge on any atom is 0.255 e. The average molecular weight is 466 g/mol. The number of ether oxygens (including phenoxy) is 1. The molecular weight excluding hydrogens is 438 g/mol. The molecule has 0 saturated carbocycles. The normalized spacial score (nSPS) is 14.8. The Bertz CT molecular complexity index is 1440. The molecule has 1 aliphatic heterocycles. The Balaban J connectivity index is 1.59. The van der Waals surface area contributed by atoms with Crippen LogP contribution in [-0.2, 0) is 4.79 Å². The van der Waals surface area contributed by atoms with Crippen molar-refractivity contribution in [2.45, 2.75) is 26.8 Å². The van der Waals surface area contributed by atoms with Crippen LogP contribution < -0.4 is 15.4 Å². The largest absolute Gasteiger partial charge is 0.495 e. The van der Waals surface area contributed by atoms with Crippen LogP contribution in [0.3, 0.4) is 0 Å². The summed E-state index contributed by atoms with van der Waals surface area (Å²) in [6.45, 7) is 6.05. The third kappa shape index (κ3) is 4.17. The lowest BCUT2D eigenvalue weighted by Crippen LogP contribution is -2.31. The van der Waals surface area contributed by atoms with Crippen LogP contribution in [0, 0.1) is 13.8 Å². The number of nitrogens with one attached hydrogen (secondary N) is 2. The molecule has 1 amide bonds. The van der Waals surface area contributed by atoms with Crippen LogP contribution in [0.15, 0.2) is 84.1 Å². The first-order valence-corrected chi connectivity index (χ1v) is 11.5. The van der Waals surface area contributed by atoms with E-state index in [0.29, 0.717) is 28.8 Å². The van der Waals surface area contributed by atoms with Crippen LogP contribution >= 0.6 is 0 Å². The molecule has 0 spiro atoms. The van der Waals surface area contributed by atoms with Gasteiger partial charge in [-0.05, 0) is 55.7 Å². The summed E-state index contributed by atoms with van der Waals surface area (Å²) in [6.07, 6.45) is 0. The first-order chi connectivity index (χ1) is 17.0. The third-order valence-electron chi connectivity index (χ3n) is 6.33. The second kappa shape index (κ2) is 9.10. The van der Waals surface area contributed by atoms with Crippen molar-refractivity contribution in [3.63, 3.8) is 0 Å². The number of allylic oxidation sites excluding steroid dienone is 1. The van der Waals surface area contributed by atoms with Crippen molar-refractivity contribution >= 4 is 17.5 Å². The molecule has 1 aromatic heterocycles. The highest BCUT2D eigenvalue weighted by Gasteiger charge is 2.34. The quantitative estimate of drug-likeness (QED) is 0.407. The molecule has 2 heterocycles. The summed E-state index contributed by atoms with van der Waals surface area (Å²) >= 11 is 0. The number of fused-ring (bicyclic) bond motifs is 1. The number of carbonyl (C=O) groups excluding carboxylic acids is 1. The molecule has 35 heavy (non-hydrogen) atoms. The fraction of sp³-hybridized carbons (Fsp3) is 0.179. The Morgan fingerprint density at radius 2 is 1.71 bits per heavy atom. The van der Waals surface area contributed by atoms with Gasteiger partial charge in [0.25, 0.3) is 5.91 Å². The van der Waals surface area contributed by atoms with Crippen molar-refractivity contribution < 1.29 is 9.53 Å². The van der Waals surface area contributed by atoms with Crippen LogP contribution in [0.2, 0.25) is 0 Å². The van der Waals surface area contributed by atoms with E-state index in [1.165, 1.54) is 11.1 Å². The van der Waals surface area contributed by atoms with Crippen LogP contribution in [0.25, 0.3) is 11.4 Å². The summed E-state index contributed by atoms with van der Waals surface area (Å²) in [4.78, 5) is 18.5. The summed E-state index contributed by atoms with van der Waals surface area (Å²) in [5, 5.41) is 11.2. The second-order valence-corrected chi connectivity index (χ2v) is 8.63. The fourth-order valence-electron chi connectivity index (χ4n) is 4.33. The van der Waals surface area contributed by atoms with Crippen molar-refractivity contribution in [1.82, 2.24) is 14.8 Å². The number of benzene rings is 3. The number of aromatic nitrogens is 3. The minimum atomic E-state index is -0.449. The lowest BCUT2D eigenvalue weighted by atomic mass is 9.95. The van der Waals surface area contributed by atoms with Crippen LogP contribution in [-0.4, -0.2) is 27.8 Å². The highest BCUT2D eigenvalue weighted by atomic mass is 16.5. The van der Waals surface area contributed by atoms with E-state index in [2.05, 4.69) is 36.6 Å². The molecule has 7 heteroatoms. The molecule has 0 aliphatic carbocycles. The van der Waals surface area contributed by atoms with E-state index in [1.807, 2.05) is 67.6 Å². The Morgan fingerprint density at radius 1 is 0.971 bits per heavy atom. The molecule has 0 bridgehead atoms. The van der Waals surface area contributed by atoms with Crippen molar-refractivity contribution in [2.24, 2.45) is 0 Å². The first kappa shape index (κ1) is 22.4. The van der Waals surface area contributed by atoms with Crippen LogP contribution in [0.5, 0.6) is 5.75 Å². The number of rotatable bonds is 5. The lowest BCUT2D eigenvalue weighted by Gasteiger charge is -2.28. The average Bonchev–Trinajstić information content (AvgIpc) is 3.29. The highest BCUT2D eigenvalue weighted by Crippen LogP contribution is 2.37. The standard InChI is InChI=1S/C28H27N5O2/c1-17-14-15-21(16-18(17)2)26-31-28-29-19(3)24(25(33(28)32-26)20-10-6-5-7-11-20)27(34)30-22-12-8-9-13-23(22)35-4/h5-16,25H,1-4H3,(H,30,34)(H,29,31,32). The number of anilines is 2. The maximum absolute atomic E-state index is 13.7. The summed E-state index contributed by atoms with van der Waals surface area (Å²) in [5.41, 5.74) is 6.15. The molecule has 1 unspecified atom stereocenters. The molecule has 4 aromatic rings. The molecule has 1 aliphatic rings. The molecular formula is C28H27N5O2. The molecule has 0 fully saturated rings. The predicted octanol–water partition coefficient (Wildman–Crippen LogP) is 5.50. The van der Waals surface area contributed by atoms with Gasteiger partial charge in [-0.2, -0.15) is 4.98 Å². The molecule has 0 radical (unpaired) electrons. The van der Waals surface area contributed by atoms with Gasteiger partial charge in [-0.3, -0.25) is 4.79 Å². The highest BCUT2D eigenvalue weighted by molar-refractivity contribution is 6.06. The number of aryl methyl sites for hydroxylation is 2. The van der Waals surface area contributed by atoms with Crippen molar-refractivity contribution in [1.29, 1.82) is 0 Å². The summed E-state index contributed by atoms with van der Waals surface area (Å²) in [7, 11) is 1.58.